The first kappa shape index (κ1) is 41.6. The number of thiol groups is 1. The lowest BCUT2D eigenvalue weighted by Gasteiger charge is -2.39. The molecule has 2 aliphatic carbocycles. The van der Waals surface area contributed by atoms with E-state index in [-0.39, 0.29) is 48.4 Å². The quantitative estimate of drug-likeness (QED) is 0.0424. The topological polar surface area (TPSA) is 262 Å². The fourth-order valence-corrected chi connectivity index (χ4v) is 12.2. The first-order valence-corrected chi connectivity index (χ1v) is 19.1. The third kappa shape index (κ3) is 10.7. The fraction of sp³-hybridized carbons (Fsp3) is 0.806. The molecule has 0 aliphatic heterocycles. The van der Waals surface area contributed by atoms with Gasteiger partial charge in [0.25, 0.3) is 0 Å². The van der Waals surface area contributed by atoms with Gasteiger partial charge in [-0.15, -0.1) is 23.5 Å². The van der Waals surface area contributed by atoms with Crippen LogP contribution in [-0.4, -0.2) is 84.5 Å². The Morgan fingerprint density at radius 2 is 1.02 bits per heavy atom. The van der Waals surface area contributed by atoms with Crippen LogP contribution in [0, 0.1) is 35.5 Å². The van der Waals surface area contributed by atoms with E-state index >= 15 is 0 Å². The monoisotopic (exact) mass is 732 g/mol. The van der Waals surface area contributed by atoms with Crippen molar-refractivity contribution in [2.75, 3.05) is 0 Å². The molecule has 17 heteroatoms. The number of rotatable bonds is 18. The van der Waals surface area contributed by atoms with Gasteiger partial charge in [0.1, 0.15) is 0 Å². The summed E-state index contributed by atoms with van der Waals surface area (Å²) in [6.07, 6.45) is 3.25. The number of carboxylic acids is 2. The van der Waals surface area contributed by atoms with Gasteiger partial charge < -0.3 is 43.8 Å². The lowest BCUT2D eigenvalue weighted by atomic mass is 9.81. The second-order valence-corrected chi connectivity index (χ2v) is 17.0. The molecule has 48 heavy (non-hydrogen) atoms. The van der Waals surface area contributed by atoms with Crippen molar-refractivity contribution in [3.63, 3.8) is 0 Å². The van der Waals surface area contributed by atoms with Crippen molar-refractivity contribution in [3.05, 3.63) is 0 Å². The molecule has 2 rings (SSSR count). The number of thioether (sulfide) groups is 2. The zero-order valence-corrected chi connectivity index (χ0v) is 31.3. The summed E-state index contributed by atoms with van der Waals surface area (Å²) in [6.45, 7) is 10.9. The number of aliphatic carboxylic acids is 2. The van der Waals surface area contributed by atoms with Crippen molar-refractivity contribution in [1.29, 1.82) is 0 Å². The first-order chi connectivity index (χ1) is 22.5. The second kappa shape index (κ2) is 19.0. The minimum Gasteiger partial charge on any atom is -0.481 e. The van der Waals surface area contributed by atoms with Crippen molar-refractivity contribution in [1.82, 2.24) is 10.6 Å². The van der Waals surface area contributed by atoms with Crippen LogP contribution in [0.3, 0.4) is 0 Å². The molecule has 274 valence electrons. The van der Waals surface area contributed by atoms with E-state index < -0.39 is 74.2 Å². The molecule has 2 saturated carbocycles. The molecule has 0 bridgehead atoms. The maximum atomic E-state index is 12.7. The number of carbonyl (C=O) groups excluding carboxylic acids is 2. The molecule has 0 aromatic heterocycles. The number of nitrogens with zero attached hydrogens (tertiary/aromatic N) is 2. The van der Waals surface area contributed by atoms with Crippen LogP contribution in [0.2, 0.25) is 0 Å². The highest BCUT2D eigenvalue weighted by Crippen LogP contribution is 2.53. The van der Waals surface area contributed by atoms with E-state index in [0.717, 1.165) is 25.7 Å². The normalized spacial score (nSPS) is 28.8. The Morgan fingerprint density at radius 3 is 1.25 bits per heavy atom. The van der Waals surface area contributed by atoms with E-state index in [0.29, 0.717) is 0 Å². The van der Waals surface area contributed by atoms with Crippen molar-refractivity contribution in [2.45, 2.75) is 119 Å². The van der Waals surface area contributed by atoms with E-state index in [1.807, 2.05) is 27.7 Å². The molecular formula is C31H56N8O6S3. The van der Waals surface area contributed by atoms with Crippen LogP contribution in [-0.2, 0) is 19.2 Å². The highest BCUT2D eigenvalue weighted by molar-refractivity contribution is 8.28. The van der Waals surface area contributed by atoms with Crippen LogP contribution >= 0.6 is 36.2 Å². The Morgan fingerprint density at radius 1 is 0.708 bits per heavy atom. The zero-order chi connectivity index (χ0) is 36.5. The van der Waals surface area contributed by atoms with Crippen LogP contribution in [0.25, 0.3) is 0 Å². The molecule has 0 aromatic rings. The zero-order valence-electron chi connectivity index (χ0n) is 28.7. The number of hydrogen-bond acceptors (Lipinski definition) is 9. The van der Waals surface area contributed by atoms with E-state index in [1.54, 1.807) is 0 Å². The Kier molecular flexibility index (Phi) is 16.5. The standard InChI is InChI=1S/C31H56N8O6S3/c1-7-15(8-2)23(36-13(5)40)21-19(38-29(32)33)11-17(27(42)43)25(21)47-31(46)48-26-18(28(44)45)12-20(39-30(34)35)22(26)24(37-14(6)41)16(9-3)10-4/h15-26,31,46H,7-12H2,1-6H3,(H,36,40)(H,37,41)(H,42,43)(H,44,45)(H4,32,33,38)(H4,34,35,39)/t17-,18-,19+,20+,21+,22+,23+,24?,25+,26+,31?/m0/s1. The van der Waals surface area contributed by atoms with E-state index in [1.165, 1.54) is 37.4 Å². The van der Waals surface area contributed by atoms with Gasteiger partial charge in [0, 0.05) is 48.3 Å². The molecule has 0 aromatic carbocycles. The molecule has 0 radical (unpaired) electrons. The number of carboxylic acid groups (broad SMARTS) is 2. The van der Waals surface area contributed by atoms with Crippen LogP contribution in [0.1, 0.15) is 80.1 Å². The lowest BCUT2D eigenvalue weighted by molar-refractivity contribution is -0.142. The van der Waals surface area contributed by atoms with E-state index in [2.05, 4.69) is 20.6 Å². The minimum absolute atomic E-state index is 0.0200. The summed E-state index contributed by atoms with van der Waals surface area (Å²) < 4.78 is -0.607. The lowest BCUT2D eigenvalue weighted by Crippen LogP contribution is -2.51. The van der Waals surface area contributed by atoms with Crippen LogP contribution < -0.4 is 33.6 Å². The van der Waals surface area contributed by atoms with Gasteiger partial charge in [-0.05, 0) is 24.7 Å². The van der Waals surface area contributed by atoms with Gasteiger partial charge in [-0.2, -0.15) is 12.6 Å². The fourth-order valence-electron chi connectivity index (χ4n) is 7.90. The number of nitrogens with two attached hydrogens (primary N) is 4. The van der Waals surface area contributed by atoms with Crippen LogP contribution in [0.15, 0.2) is 9.98 Å². The van der Waals surface area contributed by atoms with Crippen molar-refractivity contribution in [3.8, 4) is 0 Å². The number of nitrogens with one attached hydrogen (secondary N) is 2. The molecular weight excluding hydrogens is 677 g/mol. The van der Waals surface area contributed by atoms with Crippen LogP contribution in [0.5, 0.6) is 0 Å². The first-order valence-electron chi connectivity index (χ1n) is 16.7. The summed E-state index contributed by atoms with van der Waals surface area (Å²) in [4.78, 5) is 59.4. The minimum atomic E-state index is -1.02. The number of amides is 2. The van der Waals surface area contributed by atoms with Gasteiger partial charge in [0.15, 0.2) is 11.9 Å². The summed E-state index contributed by atoms with van der Waals surface area (Å²) >= 11 is 7.58. The number of carbonyl (C=O) groups is 4. The summed E-state index contributed by atoms with van der Waals surface area (Å²) in [5, 5.41) is 25.9. The van der Waals surface area contributed by atoms with Gasteiger partial charge in [-0.1, -0.05) is 53.4 Å². The molecule has 2 amide bonds. The maximum Gasteiger partial charge on any atom is 0.307 e. The maximum absolute atomic E-state index is 12.7. The van der Waals surface area contributed by atoms with Crippen molar-refractivity contribution >= 4 is 71.8 Å². The molecule has 12 N–H and O–H groups in total. The SMILES string of the molecule is CCC(CC)C(NC(C)=O)[C@@H]1[C@H](SC(S)S[C@H]2[C@@H]([C@H](NC(C)=O)C(CC)CC)[C@H](N=C(N)N)C[C@@H]2C(=O)O)[C@@H](C(=O)O)C[C@H]1N=C(N)N. The van der Waals surface area contributed by atoms with E-state index in [4.69, 9.17) is 35.6 Å². The molecule has 0 heterocycles. The van der Waals surface area contributed by atoms with Gasteiger partial charge >= 0.3 is 11.9 Å². The van der Waals surface area contributed by atoms with Gasteiger partial charge in [0.2, 0.25) is 11.8 Å². The van der Waals surface area contributed by atoms with Crippen LogP contribution in [0.4, 0.5) is 0 Å². The molecule has 2 unspecified atom stereocenters. The number of guanidine groups is 2. The summed E-state index contributed by atoms with van der Waals surface area (Å²) in [6, 6.07) is -2.00. The summed E-state index contributed by atoms with van der Waals surface area (Å²) in [7, 11) is 0. The molecule has 2 fully saturated rings. The van der Waals surface area contributed by atoms with Gasteiger partial charge in [-0.25, -0.2) is 9.98 Å². The molecule has 2 aliphatic rings. The average molecular weight is 733 g/mol. The van der Waals surface area contributed by atoms with Crippen molar-refractivity contribution < 1.29 is 29.4 Å². The van der Waals surface area contributed by atoms with E-state index in [9.17, 15) is 29.4 Å². The Balaban J connectivity index is 2.65. The van der Waals surface area contributed by atoms with Gasteiger partial charge in [-0.3, -0.25) is 19.2 Å². The highest BCUT2D eigenvalue weighted by Gasteiger charge is 2.55. The number of aliphatic imine (C=N–C) groups is 2. The molecule has 14 nitrogen and oxygen atoms in total. The third-order valence-corrected chi connectivity index (χ3v) is 13.7. The summed E-state index contributed by atoms with van der Waals surface area (Å²) in [5.41, 5.74) is 23.3. The van der Waals surface area contributed by atoms with Crippen molar-refractivity contribution in [2.24, 2.45) is 68.4 Å². The molecule has 0 saturated heterocycles. The predicted octanol–water partition coefficient (Wildman–Crippen LogP) is 2.01. The number of hydrogen-bond donors (Lipinski definition) is 9. The smallest absolute Gasteiger partial charge is 0.307 e. The highest BCUT2D eigenvalue weighted by atomic mass is 32.3. The average Bonchev–Trinajstić information content (AvgIpc) is 3.49. The third-order valence-electron chi connectivity index (χ3n) is 9.93. The molecule has 0 spiro atoms. The van der Waals surface area contributed by atoms with Gasteiger partial charge in [0.05, 0.1) is 27.8 Å². The second-order valence-electron chi connectivity index (χ2n) is 12.9. The Labute approximate surface area is 298 Å². The predicted molar refractivity (Wildman–Crippen MR) is 197 cm³/mol. The Hall–Kier alpha value is -2.53. The largest absolute Gasteiger partial charge is 0.481 e. The Bertz CT molecular complexity index is 1090. The molecule has 11 atom stereocenters. The summed E-state index contributed by atoms with van der Waals surface area (Å²) in [5.74, 6) is -5.47.